The average molecular weight is 442 g/mol. The number of hydrogen-bond acceptors (Lipinski definition) is 6. The number of hydrogen-bond donors (Lipinski definition) is 1. The molecule has 27 heavy (non-hydrogen) atoms. The highest BCUT2D eigenvalue weighted by atomic mass is 79.9. The van der Waals surface area contributed by atoms with Gasteiger partial charge in [-0.2, -0.15) is 9.78 Å². The van der Waals surface area contributed by atoms with Crippen molar-refractivity contribution in [3.05, 3.63) is 64.4 Å². The third-order valence-electron chi connectivity index (χ3n) is 4.25. The van der Waals surface area contributed by atoms with Crippen molar-refractivity contribution in [2.24, 2.45) is 5.10 Å². The predicted octanol–water partition coefficient (Wildman–Crippen LogP) is 3.47. The maximum atomic E-state index is 11.7. The summed E-state index contributed by atoms with van der Waals surface area (Å²) in [5.41, 5.74) is 3.50. The van der Waals surface area contributed by atoms with Gasteiger partial charge in [0.2, 0.25) is 5.16 Å². The Hall–Kier alpha value is -2.65. The number of rotatable bonds is 2. The highest BCUT2D eigenvalue weighted by Gasteiger charge is 2.29. The Kier molecular flexibility index (Phi) is 3.98. The van der Waals surface area contributed by atoms with E-state index in [9.17, 15) is 4.79 Å². The van der Waals surface area contributed by atoms with E-state index in [-0.39, 0.29) is 17.8 Å². The van der Waals surface area contributed by atoms with Crippen LogP contribution in [0.5, 0.6) is 5.75 Å². The lowest BCUT2D eigenvalue weighted by Gasteiger charge is -2.24. The summed E-state index contributed by atoms with van der Waals surface area (Å²) in [6.45, 7) is 0.0356. The van der Waals surface area contributed by atoms with Crippen LogP contribution >= 0.6 is 27.7 Å². The molecule has 0 radical (unpaired) electrons. The van der Waals surface area contributed by atoms with E-state index in [0.29, 0.717) is 11.4 Å². The van der Waals surface area contributed by atoms with Crippen molar-refractivity contribution >= 4 is 45.0 Å². The van der Waals surface area contributed by atoms with Crippen LogP contribution in [0, 0.1) is 0 Å². The summed E-state index contributed by atoms with van der Waals surface area (Å²) in [6, 6.07) is 13.8. The van der Waals surface area contributed by atoms with Crippen LogP contribution in [-0.2, 0) is 4.79 Å². The van der Waals surface area contributed by atoms with Crippen molar-refractivity contribution in [3.8, 4) is 5.75 Å². The minimum Gasteiger partial charge on any atom is -0.482 e. The van der Waals surface area contributed by atoms with Crippen LogP contribution in [0.2, 0.25) is 0 Å². The van der Waals surface area contributed by atoms with Gasteiger partial charge in [-0.05, 0) is 35.9 Å². The number of nitrogens with one attached hydrogen (secondary N) is 1. The molecule has 0 bridgehead atoms. The molecule has 0 spiro atoms. The lowest BCUT2D eigenvalue weighted by molar-refractivity contribution is -0.118. The van der Waals surface area contributed by atoms with E-state index >= 15 is 0 Å². The van der Waals surface area contributed by atoms with E-state index in [1.54, 1.807) is 22.8 Å². The fraction of sp³-hybridized carbons (Fsp3) is 0.111. The van der Waals surface area contributed by atoms with Gasteiger partial charge in [0.1, 0.15) is 12.1 Å². The second kappa shape index (κ2) is 6.50. The van der Waals surface area contributed by atoms with Crippen molar-refractivity contribution < 1.29 is 9.53 Å². The highest BCUT2D eigenvalue weighted by Crippen LogP contribution is 2.42. The van der Waals surface area contributed by atoms with E-state index in [1.165, 1.54) is 0 Å². The number of thioether (sulfide) groups is 1. The molecule has 1 aromatic heterocycles. The van der Waals surface area contributed by atoms with Crippen LogP contribution in [0.25, 0.3) is 0 Å². The molecule has 9 heteroatoms. The molecule has 3 heterocycles. The molecule has 134 valence electrons. The minimum atomic E-state index is -0.163. The fourth-order valence-corrected chi connectivity index (χ4v) is 4.54. The predicted molar refractivity (Wildman–Crippen MR) is 105 cm³/mol. The van der Waals surface area contributed by atoms with E-state index in [4.69, 9.17) is 9.84 Å². The zero-order chi connectivity index (χ0) is 18.4. The van der Waals surface area contributed by atoms with Gasteiger partial charge in [-0.1, -0.05) is 39.8 Å². The third-order valence-corrected chi connectivity index (χ3v) is 5.95. The first kappa shape index (κ1) is 16.5. The van der Waals surface area contributed by atoms with Crippen LogP contribution in [0.15, 0.2) is 63.5 Å². The second-order valence-corrected chi connectivity index (χ2v) is 8.03. The number of fused-ring (bicyclic) bond motifs is 2. The number of benzene rings is 2. The van der Waals surface area contributed by atoms with Crippen LogP contribution in [0.3, 0.4) is 0 Å². The van der Waals surface area contributed by atoms with Gasteiger partial charge in [0, 0.05) is 10.0 Å². The van der Waals surface area contributed by atoms with Crippen molar-refractivity contribution in [1.29, 1.82) is 0 Å². The standard InChI is InChI=1S/C18H12BrN5O2S/c19-12-3-1-2-11(6-12)17-16(23-24-9-20-22-18(24)27-17)10-4-5-14-13(7-10)21-15(25)8-26-14/h1-7,9,17H,8H2,(H,21,25). The third kappa shape index (κ3) is 3.02. The number of aromatic nitrogens is 3. The van der Waals surface area contributed by atoms with Gasteiger partial charge in [-0.25, -0.2) is 0 Å². The molecule has 0 saturated carbocycles. The SMILES string of the molecule is O=C1COc2ccc(C3=Nn4cnnc4SC3c3cccc(Br)c3)cc2N1. The van der Waals surface area contributed by atoms with Gasteiger partial charge in [-0.15, -0.1) is 10.2 Å². The first-order valence-electron chi connectivity index (χ1n) is 8.15. The van der Waals surface area contributed by atoms with E-state index in [0.717, 1.165) is 26.5 Å². The van der Waals surface area contributed by atoms with Gasteiger partial charge >= 0.3 is 0 Å². The lowest BCUT2D eigenvalue weighted by Crippen LogP contribution is -2.26. The van der Waals surface area contributed by atoms with Crippen molar-refractivity contribution in [1.82, 2.24) is 14.9 Å². The molecule has 1 amide bonds. The van der Waals surface area contributed by atoms with E-state index in [2.05, 4.69) is 43.6 Å². The minimum absolute atomic E-state index is 0.0356. The van der Waals surface area contributed by atoms with Crippen molar-refractivity contribution in [3.63, 3.8) is 0 Å². The van der Waals surface area contributed by atoms with Gasteiger partial charge in [0.15, 0.2) is 6.61 Å². The molecule has 0 aliphatic carbocycles. The van der Waals surface area contributed by atoms with E-state index in [1.807, 2.05) is 30.3 Å². The molecule has 3 aromatic rings. The van der Waals surface area contributed by atoms with Gasteiger partial charge < -0.3 is 10.1 Å². The first-order valence-corrected chi connectivity index (χ1v) is 9.83. The Morgan fingerprint density at radius 2 is 2.19 bits per heavy atom. The Labute approximate surface area is 167 Å². The number of nitrogens with zero attached hydrogens (tertiary/aromatic N) is 4. The summed E-state index contributed by atoms with van der Waals surface area (Å²) < 4.78 is 8.13. The molecule has 0 fully saturated rings. The molecule has 2 aliphatic rings. The molecular formula is C18H12BrN5O2S. The number of carbonyl (C=O) groups is 1. The summed E-state index contributed by atoms with van der Waals surface area (Å²) in [6.07, 6.45) is 1.59. The zero-order valence-electron chi connectivity index (χ0n) is 13.8. The molecule has 1 atom stereocenters. The Morgan fingerprint density at radius 3 is 3.07 bits per heavy atom. The quantitative estimate of drug-likeness (QED) is 0.658. The molecule has 5 rings (SSSR count). The topological polar surface area (TPSA) is 81.4 Å². The average Bonchev–Trinajstić information content (AvgIpc) is 3.14. The van der Waals surface area contributed by atoms with E-state index < -0.39 is 0 Å². The largest absolute Gasteiger partial charge is 0.482 e. The summed E-state index contributed by atoms with van der Waals surface area (Å²) in [4.78, 5) is 11.7. The van der Waals surface area contributed by atoms with Gasteiger partial charge in [-0.3, -0.25) is 4.79 Å². The summed E-state index contributed by atoms with van der Waals surface area (Å²) in [5, 5.41) is 16.4. The molecule has 7 nitrogen and oxygen atoms in total. The normalized spacial score (nSPS) is 18.0. The molecule has 2 aromatic carbocycles. The number of halogens is 1. The fourth-order valence-electron chi connectivity index (χ4n) is 3.04. The maximum Gasteiger partial charge on any atom is 0.262 e. The van der Waals surface area contributed by atoms with Gasteiger partial charge in [0.25, 0.3) is 5.91 Å². The molecule has 1 unspecified atom stereocenters. The Bertz CT molecular complexity index is 1100. The number of anilines is 1. The van der Waals surface area contributed by atoms with Crippen LogP contribution in [0.4, 0.5) is 5.69 Å². The van der Waals surface area contributed by atoms with Crippen molar-refractivity contribution in [2.45, 2.75) is 10.4 Å². The lowest BCUT2D eigenvalue weighted by atomic mass is 10.0. The first-order chi connectivity index (χ1) is 13.2. The molecular weight excluding hydrogens is 430 g/mol. The van der Waals surface area contributed by atoms with Crippen LogP contribution in [0.1, 0.15) is 16.4 Å². The highest BCUT2D eigenvalue weighted by molar-refractivity contribution is 9.10. The zero-order valence-corrected chi connectivity index (χ0v) is 16.2. The van der Waals surface area contributed by atoms with Crippen LogP contribution < -0.4 is 10.1 Å². The number of ether oxygens (including phenoxy) is 1. The van der Waals surface area contributed by atoms with Crippen LogP contribution in [-0.4, -0.2) is 33.1 Å². The van der Waals surface area contributed by atoms with Gasteiger partial charge in [0.05, 0.1) is 16.6 Å². The Morgan fingerprint density at radius 1 is 1.26 bits per heavy atom. The monoisotopic (exact) mass is 441 g/mol. The summed E-state index contributed by atoms with van der Waals surface area (Å²) in [5.74, 6) is 0.496. The van der Waals surface area contributed by atoms with Crippen molar-refractivity contribution in [2.75, 3.05) is 11.9 Å². The molecule has 2 aliphatic heterocycles. The summed E-state index contributed by atoms with van der Waals surface area (Å²) >= 11 is 5.12. The second-order valence-electron chi connectivity index (χ2n) is 6.04. The molecule has 0 saturated heterocycles. The Balaban J connectivity index is 1.63. The number of amides is 1. The number of carbonyl (C=O) groups excluding carboxylic acids is 1. The maximum absolute atomic E-state index is 11.7. The summed E-state index contributed by atoms with van der Waals surface area (Å²) in [7, 11) is 0. The molecule has 1 N–H and O–H groups in total. The smallest absolute Gasteiger partial charge is 0.262 e.